The summed E-state index contributed by atoms with van der Waals surface area (Å²) in [6, 6.07) is 16.1. The summed E-state index contributed by atoms with van der Waals surface area (Å²) in [6.45, 7) is 8.72. The van der Waals surface area contributed by atoms with Gasteiger partial charge in [-0.1, -0.05) is 75.7 Å². The van der Waals surface area contributed by atoms with Crippen LogP contribution in [0.1, 0.15) is 68.2 Å². The highest BCUT2D eigenvalue weighted by molar-refractivity contribution is 5.80. The number of nitrogens with zero attached hydrogens (tertiary/aromatic N) is 5. The standard InChI is InChI=1S/C28H34N6O2/c1-5-6-11-26(35)34-20(4)25(17-12-19(2)3)33(28(34)36)18-21-13-15-22(16-14-21)23-9-7-8-10-24(23)27-29-31-32-30-27/h7-10,13-16,19H,5-6,11-12,17-18H2,1-4H3,(H,29,30,31,32). The Hall–Kier alpha value is -3.81. The molecule has 0 saturated heterocycles. The van der Waals surface area contributed by atoms with Crippen molar-refractivity contribution < 1.29 is 4.79 Å². The van der Waals surface area contributed by atoms with Crippen LogP contribution in [0.15, 0.2) is 53.3 Å². The fraction of sp³-hybridized carbons (Fsp3) is 0.393. The SMILES string of the molecule is CCCCC(=O)n1c(C)c(CCC(C)C)n(Cc2ccc(-c3ccccc3-c3nnn[nH]3)cc2)c1=O. The number of carbonyl (C=O) groups excluding carboxylic acids is 1. The first-order chi connectivity index (χ1) is 17.4. The molecular weight excluding hydrogens is 452 g/mol. The number of hydrogen-bond donors (Lipinski definition) is 1. The lowest BCUT2D eigenvalue weighted by Crippen LogP contribution is -2.30. The molecule has 4 rings (SSSR count). The van der Waals surface area contributed by atoms with E-state index < -0.39 is 0 Å². The van der Waals surface area contributed by atoms with Crippen molar-refractivity contribution in [2.75, 3.05) is 0 Å². The highest BCUT2D eigenvalue weighted by Gasteiger charge is 2.21. The molecule has 2 heterocycles. The van der Waals surface area contributed by atoms with Gasteiger partial charge in [-0.25, -0.2) is 14.5 Å². The molecule has 0 bridgehead atoms. The van der Waals surface area contributed by atoms with Crippen molar-refractivity contribution in [2.45, 2.75) is 66.3 Å². The highest BCUT2D eigenvalue weighted by Crippen LogP contribution is 2.30. The summed E-state index contributed by atoms with van der Waals surface area (Å²) < 4.78 is 3.17. The van der Waals surface area contributed by atoms with E-state index in [-0.39, 0.29) is 11.6 Å². The van der Waals surface area contributed by atoms with Crippen LogP contribution in [0, 0.1) is 12.8 Å². The number of aromatic amines is 1. The fourth-order valence-electron chi connectivity index (χ4n) is 4.53. The van der Waals surface area contributed by atoms with Crippen LogP contribution in [0.3, 0.4) is 0 Å². The summed E-state index contributed by atoms with van der Waals surface area (Å²) in [5.41, 5.74) is 5.45. The molecule has 8 nitrogen and oxygen atoms in total. The number of unbranched alkanes of at least 4 members (excludes halogenated alkanes) is 1. The molecule has 0 aliphatic carbocycles. The lowest BCUT2D eigenvalue weighted by atomic mass is 9.98. The maximum atomic E-state index is 13.4. The van der Waals surface area contributed by atoms with Crippen molar-refractivity contribution in [3.8, 4) is 22.5 Å². The molecular formula is C28H34N6O2. The molecule has 36 heavy (non-hydrogen) atoms. The third kappa shape index (κ3) is 5.37. The van der Waals surface area contributed by atoms with Crippen molar-refractivity contribution in [1.29, 1.82) is 0 Å². The number of benzene rings is 2. The first-order valence-electron chi connectivity index (χ1n) is 12.7. The van der Waals surface area contributed by atoms with Gasteiger partial charge >= 0.3 is 5.69 Å². The van der Waals surface area contributed by atoms with Crippen LogP contribution in [0.25, 0.3) is 22.5 Å². The Morgan fingerprint density at radius 1 is 1.06 bits per heavy atom. The van der Waals surface area contributed by atoms with Crippen molar-refractivity contribution in [1.82, 2.24) is 29.8 Å². The Balaban J connectivity index is 1.66. The molecule has 0 aliphatic rings. The van der Waals surface area contributed by atoms with Crippen LogP contribution in [0.2, 0.25) is 0 Å². The number of rotatable bonds is 10. The smallest absolute Gasteiger partial charge is 0.291 e. The van der Waals surface area contributed by atoms with Gasteiger partial charge in [0.2, 0.25) is 5.91 Å². The molecule has 1 N–H and O–H groups in total. The Bertz CT molecular complexity index is 1360. The van der Waals surface area contributed by atoms with Gasteiger partial charge in [-0.3, -0.25) is 9.36 Å². The zero-order valence-corrected chi connectivity index (χ0v) is 21.5. The minimum atomic E-state index is -0.236. The highest BCUT2D eigenvalue weighted by atomic mass is 16.2. The van der Waals surface area contributed by atoms with E-state index in [0.717, 1.165) is 59.3 Å². The molecule has 0 spiro atoms. The molecule has 0 fully saturated rings. The van der Waals surface area contributed by atoms with Gasteiger partial charge in [-0.05, 0) is 59.2 Å². The van der Waals surface area contributed by atoms with E-state index >= 15 is 0 Å². The molecule has 8 heteroatoms. The second kappa shape index (κ2) is 11.3. The zero-order chi connectivity index (χ0) is 25.7. The summed E-state index contributed by atoms with van der Waals surface area (Å²) >= 11 is 0. The second-order valence-electron chi connectivity index (χ2n) is 9.66. The van der Waals surface area contributed by atoms with E-state index in [9.17, 15) is 9.59 Å². The summed E-state index contributed by atoms with van der Waals surface area (Å²) in [5, 5.41) is 14.3. The first-order valence-corrected chi connectivity index (χ1v) is 12.7. The second-order valence-corrected chi connectivity index (χ2v) is 9.66. The van der Waals surface area contributed by atoms with Crippen LogP contribution in [0.5, 0.6) is 0 Å². The molecule has 2 aromatic carbocycles. The number of tetrazole rings is 1. The number of hydrogen-bond acceptors (Lipinski definition) is 5. The van der Waals surface area contributed by atoms with Gasteiger partial charge in [-0.2, -0.15) is 0 Å². The number of imidazole rings is 1. The fourth-order valence-corrected chi connectivity index (χ4v) is 4.53. The van der Waals surface area contributed by atoms with Crippen molar-refractivity contribution in [3.63, 3.8) is 0 Å². The molecule has 0 aliphatic heterocycles. The monoisotopic (exact) mass is 486 g/mol. The van der Waals surface area contributed by atoms with Gasteiger partial charge in [0.05, 0.1) is 6.54 Å². The largest absolute Gasteiger partial charge is 0.335 e. The minimum absolute atomic E-state index is 0.113. The quantitative estimate of drug-likeness (QED) is 0.329. The van der Waals surface area contributed by atoms with Gasteiger partial charge in [0, 0.05) is 23.4 Å². The predicted octanol–water partition coefficient (Wildman–Crippen LogP) is 5.27. The van der Waals surface area contributed by atoms with Crippen LogP contribution >= 0.6 is 0 Å². The van der Waals surface area contributed by atoms with E-state index in [4.69, 9.17) is 0 Å². The number of nitrogens with one attached hydrogen (secondary N) is 1. The molecule has 0 saturated carbocycles. The Labute approximate surface area is 211 Å². The molecule has 188 valence electrons. The summed E-state index contributed by atoms with van der Waals surface area (Å²) in [7, 11) is 0. The van der Waals surface area contributed by atoms with Gasteiger partial charge in [0.15, 0.2) is 5.82 Å². The molecule has 2 aromatic heterocycles. The number of carbonyl (C=O) groups is 1. The maximum absolute atomic E-state index is 13.4. The van der Waals surface area contributed by atoms with Crippen LogP contribution in [0.4, 0.5) is 0 Å². The van der Waals surface area contributed by atoms with Gasteiger partial charge in [0.25, 0.3) is 0 Å². The predicted molar refractivity (Wildman–Crippen MR) is 141 cm³/mol. The molecule has 0 radical (unpaired) electrons. The minimum Gasteiger partial charge on any atom is -0.291 e. The van der Waals surface area contributed by atoms with Gasteiger partial charge < -0.3 is 0 Å². The summed E-state index contributed by atoms with van der Waals surface area (Å²) in [4.78, 5) is 26.3. The van der Waals surface area contributed by atoms with Gasteiger partial charge in [0.1, 0.15) is 0 Å². The molecule has 0 atom stereocenters. The average molecular weight is 487 g/mol. The lowest BCUT2D eigenvalue weighted by Gasteiger charge is -2.11. The van der Waals surface area contributed by atoms with E-state index in [2.05, 4.69) is 34.5 Å². The topological polar surface area (TPSA) is 98.5 Å². The Kier molecular flexibility index (Phi) is 7.93. The van der Waals surface area contributed by atoms with Crippen molar-refractivity contribution >= 4 is 5.91 Å². The van der Waals surface area contributed by atoms with Crippen molar-refractivity contribution in [3.05, 3.63) is 76.0 Å². The van der Waals surface area contributed by atoms with E-state index in [1.54, 1.807) is 4.57 Å². The summed E-state index contributed by atoms with van der Waals surface area (Å²) in [5.74, 6) is 1.00. The van der Waals surface area contributed by atoms with Gasteiger partial charge in [-0.15, -0.1) is 5.10 Å². The molecule has 0 amide bonds. The van der Waals surface area contributed by atoms with E-state index in [1.165, 1.54) is 4.57 Å². The van der Waals surface area contributed by atoms with Crippen LogP contribution in [-0.4, -0.2) is 35.7 Å². The number of aromatic nitrogens is 6. The first kappa shape index (κ1) is 25.3. The Morgan fingerprint density at radius 3 is 2.42 bits per heavy atom. The van der Waals surface area contributed by atoms with Crippen LogP contribution < -0.4 is 5.69 Å². The molecule has 4 aromatic rings. The van der Waals surface area contributed by atoms with Crippen molar-refractivity contribution in [2.24, 2.45) is 5.92 Å². The zero-order valence-electron chi connectivity index (χ0n) is 21.5. The third-order valence-electron chi connectivity index (χ3n) is 6.59. The lowest BCUT2D eigenvalue weighted by molar-refractivity contribution is 0.0892. The normalized spacial score (nSPS) is 11.4. The van der Waals surface area contributed by atoms with E-state index in [0.29, 0.717) is 24.7 Å². The van der Waals surface area contributed by atoms with E-state index in [1.807, 2.05) is 62.4 Å². The number of H-pyrrole nitrogens is 1. The summed E-state index contributed by atoms with van der Waals surface area (Å²) in [6.07, 6.45) is 3.82. The molecule has 0 unspecified atom stereocenters. The van der Waals surface area contributed by atoms with Crippen LogP contribution in [-0.2, 0) is 13.0 Å². The Morgan fingerprint density at radius 2 is 1.78 bits per heavy atom. The third-order valence-corrected chi connectivity index (χ3v) is 6.59. The maximum Gasteiger partial charge on any atom is 0.335 e. The average Bonchev–Trinajstić information content (AvgIpc) is 3.49.